The predicted molar refractivity (Wildman–Crippen MR) is 90.9 cm³/mol. The molecule has 0 bridgehead atoms. The van der Waals surface area contributed by atoms with E-state index in [0.717, 1.165) is 29.1 Å². The number of esters is 1. The van der Waals surface area contributed by atoms with Gasteiger partial charge >= 0.3 is 5.97 Å². The molecule has 2 rings (SSSR count). The van der Waals surface area contributed by atoms with Crippen LogP contribution in [-0.4, -0.2) is 17.6 Å². The lowest BCUT2D eigenvalue weighted by atomic mass is 9.84. The van der Waals surface area contributed by atoms with Crippen molar-refractivity contribution in [3.63, 3.8) is 0 Å². The van der Waals surface area contributed by atoms with Crippen molar-refractivity contribution >= 4 is 17.3 Å². The summed E-state index contributed by atoms with van der Waals surface area (Å²) in [6, 6.07) is 10.2. The molecule has 0 atom stereocenters. The van der Waals surface area contributed by atoms with Gasteiger partial charge in [-0.25, -0.2) is 4.98 Å². The molecule has 3 nitrogen and oxygen atoms in total. The first-order valence-electron chi connectivity index (χ1n) is 7.65. The molecule has 2 aromatic rings. The highest BCUT2D eigenvalue weighted by molar-refractivity contribution is 7.09. The van der Waals surface area contributed by atoms with Crippen LogP contribution in [-0.2, 0) is 16.0 Å². The minimum absolute atomic E-state index is 0.0646. The van der Waals surface area contributed by atoms with Crippen LogP contribution in [0.15, 0.2) is 35.7 Å². The summed E-state index contributed by atoms with van der Waals surface area (Å²) in [5.74, 6) is -0.114. The smallest absolute Gasteiger partial charge is 0.306 e. The highest BCUT2D eigenvalue weighted by Gasteiger charge is 2.23. The maximum absolute atomic E-state index is 11.6. The van der Waals surface area contributed by atoms with Crippen molar-refractivity contribution in [1.29, 1.82) is 0 Å². The monoisotopic (exact) mass is 317 g/mol. The van der Waals surface area contributed by atoms with E-state index in [-0.39, 0.29) is 11.4 Å². The second kappa shape index (κ2) is 7.54. The maximum atomic E-state index is 11.6. The van der Waals surface area contributed by atoms with E-state index in [1.54, 1.807) is 11.3 Å². The Morgan fingerprint density at radius 1 is 1.27 bits per heavy atom. The molecule has 0 spiro atoms. The Labute approximate surface area is 136 Å². The number of ether oxygens (including phenoxy) is 1. The van der Waals surface area contributed by atoms with Gasteiger partial charge in [0.05, 0.1) is 23.7 Å². The molecule has 0 saturated heterocycles. The van der Waals surface area contributed by atoms with Gasteiger partial charge in [0.1, 0.15) is 0 Å². The summed E-state index contributed by atoms with van der Waals surface area (Å²) in [6.07, 6.45) is 2.27. The molecule has 4 heteroatoms. The first-order chi connectivity index (χ1) is 10.5. The van der Waals surface area contributed by atoms with Gasteiger partial charge in [0.25, 0.3) is 0 Å². The van der Waals surface area contributed by atoms with Crippen LogP contribution in [0.1, 0.15) is 38.6 Å². The van der Waals surface area contributed by atoms with Crippen molar-refractivity contribution in [2.75, 3.05) is 6.61 Å². The molecule has 0 aliphatic heterocycles. The zero-order valence-corrected chi connectivity index (χ0v) is 14.3. The highest BCUT2D eigenvalue weighted by Crippen LogP contribution is 2.29. The van der Waals surface area contributed by atoms with Gasteiger partial charge in [0.2, 0.25) is 0 Å². The predicted octanol–water partition coefficient (Wildman–Crippen LogP) is 4.72. The molecule has 1 heterocycles. The van der Waals surface area contributed by atoms with E-state index in [2.05, 4.69) is 31.4 Å². The Kier molecular flexibility index (Phi) is 5.72. The molecule has 0 aliphatic rings. The second-order valence-corrected chi connectivity index (χ2v) is 7.08. The molecular weight excluding hydrogens is 294 g/mol. The zero-order valence-electron chi connectivity index (χ0n) is 13.5. The molecule has 1 aromatic carbocycles. The van der Waals surface area contributed by atoms with Crippen LogP contribution in [0, 0.1) is 5.41 Å². The first kappa shape index (κ1) is 16.7. The fourth-order valence-electron chi connectivity index (χ4n) is 2.30. The molecule has 0 amide bonds. The van der Waals surface area contributed by atoms with Crippen molar-refractivity contribution in [2.24, 2.45) is 5.41 Å². The summed E-state index contributed by atoms with van der Waals surface area (Å²) < 4.78 is 5.04. The molecule has 0 fully saturated rings. The van der Waals surface area contributed by atoms with Gasteiger partial charge in [-0.3, -0.25) is 4.79 Å². The molecule has 0 saturated carbocycles. The number of benzene rings is 1. The van der Waals surface area contributed by atoms with E-state index in [1.807, 2.05) is 25.1 Å². The Balaban J connectivity index is 1.92. The van der Waals surface area contributed by atoms with Gasteiger partial charge < -0.3 is 4.74 Å². The van der Waals surface area contributed by atoms with Crippen molar-refractivity contribution in [1.82, 2.24) is 4.98 Å². The molecule has 1 aromatic heterocycles. The lowest BCUT2D eigenvalue weighted by Crippen LogP contribution is -2.19. The van der Waals surface area contributed by atoms with Crippen LogP contribution in [0.5, 0.6) is 0 Å². The Morgan fingerprint density at radius 3 is 2.68 bits per heavy atom. The summed E-state index contributed by atoms with van der Waals surface area (Å²) >= 11 is 1.69. The molecule has 0 aliphatic carbocycles. The Bertz CT molecular complexity index is 605. The van der Waals surface area contributed by atoms with Gasteiger partial charge in [0, 0.05) is 10.9 Å². The molecule has 118 valence electrons. The number of aryl methyl sites for hydroxylation is 1. The van der Waals surface area contributed by atoms with Crippen LogP contribution < -0.4 is 0 Å². The van der Waals surface area contributed by atoms with E-state index in [0.29, 0.717) is 13.0 Å². The van der Waals surface area contributed by atoms with E-state index in [1.165, 1.54) is 0 Å². The van der Waals surface area contributed by atoms with Gasteiger partial charge in [0.15, 0.2) is 0 Å². The van der Waals surface area contributed by atoms with Gasteiger partial charge in [-0.05, 0) is 25.2 Å². The summed E-state index contributed by atoms with van der Waals surface area (Å²) in [6.45, 7) is 6.50. The number of thiazole rings is 1. The number of carbonyl (C=O) groups is 1. The van der Waals surface area contributed by atoms with Crippen LogP contribution >= 0.6 is 11.3 Å². The number of nitrogens with zero attached hydrogens (tertiary/aromatic N) is 1. The quantitative estimate of drug-likeness (QED) is 0.693. The third-order valence-electron chi connectivity index (χ3n) is 3.57. The largest absolute Gasteiger partial charge is 0.466 e. The van der Waals surface area contributed by atoms with Gasteiger partial charge in [-0.15, -0.1) is 11.3 Å². The van der Waals surface area contributed by atoms with E-state index in [9.17, 15) is 4.79 Å². The van der Waals surface area contributed by atoms with E-state index in [4.69, 9.17) is 9.72 Å². The van der Waals surface area contributed by atoms with Crippen LogP contribution in [0.2, 0.25) is 0 Å². The number of carbonyl (C=O) groups excluding carboxylic acids is 1. The first-order valence-corrected chi connectivity index (χ1v) is 8.53. The summed E-state index contributed by atoms with van der Waals surface area (Å²) in [7, 11) is 0. The Hall–Kier alpha value is -1.68. The minimum atomic E-state index is -0.114. The fraction of sp³-hybridized carbons (Fsp3) is 0.444. The maximum Gasteiger partial charge on any atom is 0.306 e. The van der Waals surface area contributed by atoms with Crippen molar-refractivity contribution in [3.05, 3.63) is 40.7 Å². The lowest BCUT2D eigenvalue weighted by Gasteiger charge is -2.22. The SMILES string of the molecule is CCOC(=O)CC(C)(C)CCc1nc(-c2ccccc2)cs1. The molecule has 22 heavy (non-hydrogen) atoms. The highest BCUT2D eigenvalue weighted by atomic mass is 32.1. The van der Waals surface area contributed by atoms with E-state index >= 15 is 0 Å². The average molecular weight is 317 g/mol. The number of aromatic nitrogens is 1. The average Bonchev–Trinajstić information content (AvgIpc) is 2.95. The number of rotatable bonds is 7. The van der Waals surface area contributed by atoms with Gasteiger partial charge in [-0.1, -0.05) is 44.2 Å². The summed E-state index contributed by atoms with van der Waals surface area (Å²) in [5.41, 5.74) is 2.12. The fourth-order valence-corrected chi connectivity index (χ4v) is 3.11. The summed E-state index contributed by atoms with van der Waals surface area (Å²) in [5, 5.41) is 3.22. The van der Waals surface area contributed by atoms with Crippen LogP contribution in [0.25, 0.3) is 11.3 Å². The van der Waals surface area contributed by atoms with Crippen LogP contribution in [0.4, 0.5) is 0 Å². The second-order valence-electron chi connectivity index (χ2n) is 6.14. The third-order valence-corrected chi connectivity index (χ3v) is 4.47. The number of hydrogen-bond donors (Lipinski definition) is 0. The topological polar surface area (TPSA) is 39.2 Å². The van der Waals surface area contributed by atoms with Crippen molar-refractivity contribution in [2.45, 2.75) is 40.0 Å². The van der Waals surface area contributed by atoms with Crippen molar-refractivity contribution < 1.29 is 9.53 Å². The molecule has 0 unspecified atom stereocenters. The normalized spacial score (nSPS) is 11.4. The van der Waals surface area contributed by atoms with E-state index < -0.39 is 0 Å². The van der Waals surface area contributed by atoms with Crippen LogP contribution in [0.3, 0.4) is 0 Å². The lowest BCUT2D eigenvalue weighted by molar-refractivity contribution is -0.145. The molecular formula is C18H23NO2S. The minimum Gasteiger partial charge on any atom is -0.466 e. The number of hydrogen-bond acceptors (Lipinski definition) is 4. The molecule has 0 N–H and O–H groups in total. The standard InChI is InChI=1S/C18H23NO2S/c1-4-21-17(20)12-18(2,3)11-10-16-19-15(13-22-16)14-8-6-5-7-9-14/h5-9,13H,4,10-12H2,1-3H3. The zero-order chi connectivity index (χ0) is 16.0. The van der Waals surface area contributed by atoms with Gasteiger partial charge in [-0.2, -0.15) is 0 Å². The third kappa shape index (κ3) is 4.95. The Morgan fingerprint density at radius 2 is 2.00 bits per heavy atom. The molecule has 0 radical (unpaired) electrons. The summed E-state index contributed by atoms with van der Waals surface area (Å²) in [4.78, 5) is 16.3. The van der Waals surface area contributed by atoms with Crippen molar-refractivity contribution in [3.8, 4) is 11.3 Å².